The van der Waals surface area contributed by atoms with Gasteiger partial charge >= 0.3 is 0 Å². The number of hydrogen-bond donors (Lipinski definition) is 0. The van der Waals surface area contributed by atoms with Crippen LogP contribution < -0.4 is 0 Å². The van der Waals surface area contributed by atoms with Gasteiger partial charge in [0.15, 0.2) is 0 Å². The molecule has 0 amide bonds. The first-order chi connectivity index (χ1) is 7.70. The Morgan fingerprint density at radius 3 is 2.88 bits per heavy atom. The molecule has 1 aromatic rings. The van der Waals surface area contributed by atoms with Gasteiger partial charge in [-0.05, 0) is 31.6 Å². The predicted molar refractivity (Wildman–Crippen MR) is 64.1 cm³/mol. The molecule has 1 aliphatic rings. The Bertz CT molecular complexity index is 461. The van der Waals surface area contributed by atoms with Crippen LogP contribution in [0.25, 0.3) is 5.57 Å². The average Bonchev–Trinajstić information content (AvgIpc) is 2.71. The van der Waals surface area contributed by atoms with Gasteiger partial charge in [-0.25, -0.2) is 4.39 Å². The highest BCUT2D eigenvalue weighted by Crippen LogP contribution is 2.19. The lowest BCUT2D eigenvalue weighted by Gasteiger charge is -2.02. The van der Waals surface area contributed by atoms with Gasteiger partial charge in [0, 0.05) is 11.3 Å². The maximum Gasteiger partial charge on any atom is 0.144 e. The van der Waals surface area contributed by atoms with Crippen molar-refractivity contribution in [1.29, 1.82) is 0 Å². The van der Waals surface area contributed by atoms with E-state index in [9.17, 15) is 4.39 Å². The minimum atomic E-state index is -0.253. The van der Waals surface area contributed by atoms with E-state index in [2.05, 4.69) is 23.0 Å². The van der Waals surface area contributed by atoms with Crippen LogP contribution >= 0.6 is 0 Å². The van der Waals surface area contributed by atoms with Gasteiger partial charge in [-0.1, -0.05) is 13.3 Å². The Balaban J connectivity index is 2.21. The number of pyridine rings is 1. The monoisotopic (exact) mass is 218 g/mol. The van der Waals surface area contributed by atoms with Gasteiger partial charge in [-0.15, -0.1) is 0 Å². The van der Waals surface area contributed by atoms with Gasteiger partial charge in [0.1, 0.15) is 5.82 Å². The van der Waals surface area contributed by atoms with Gasteiger partial charge in [0.05, 0.1) is 17.9 Å². The lowest BCUT2D eigenvalue weighted by atomic mass is 10.1. The minimum absolute atomic E-state index is 0.253. The SMILES string of the molecule is CCCC1=NCC(c2ccc(F)c(C)n2)=C1. The zero-order valence-corrected chi connectivity index (χ0v) is 9.63. The molecule has 0 N–H and O–H groups in total. The van der Waals surface area contributed by atoms with Crippen LogP contribution in [0.2, 0.25) is 0 Å². The highest BCUT2D eigenvalue weighted by Gasteiger charge is 2.11. The van der Waals surface area contributed by atoms with E-state index in [4.69, 9.17) is 0 Å². The molecule has 0 atom stereocenters. The topological polar surface area (TPSA) is 25.2 Å². The summed E-state index contributed by atoms with van der Waals surface area (Å²) in [5.74, 6) is -0.253. The van der Waals surface area contributed by atoms with Crippen molar-refractivity contribution in [2.75, 3.05) is 6.54 Å². The summed E-state index contributed by atoms with van der Waals surface area (Å²) in [6.45, 7) is 4.49. The Labute approximate surface area is 94.9 Å². The molecule has 0 aromatic carbocycles. The second kappa shape index (κ2) is 4.56. The summed E-state index contributed by atoms with van der Waals surface area (Å²) in [6, 6.07) is 3.19. The molecular weight excluding hydrogens is 203 g/mol. The molecule has 1 aromatic heterocycles. The van der Waals surface area contributed by atoms with Crippen LogP contribution in [0.4, 0.5) is 4.39 Å². The zero-order chi connectivity index (χ0) is 11.5. The summed E-state index contributed by atoms with van der Waals surface area (Å²) in [5.41, 5.74) is 3.50. The molecule has 0 saturated heterocycles. The van der Waals surface area contributed by atoms with Gasteiger partial charge in [0.2, 0.25) is 0 Å². The van der Waals surface area contributed by atoms with Gasteiger partial charge in [0.25, 0.3) is 0 Å². The van der Waals surface area contributed by atoms with Crippen LogP contribution in [0.5, 0.6) is 0 Å². The van der Waals surface area contributed by atoms with E-state index in [1.807, 2.05) is 0 Å². The first-order valence-corrected chi connectivity index (χ1v) is 5.58. The van der Waals surface area contributed by atoms with Crippen molar-refractivity contribution in [1.82, 2.24) is 4.98 Å². The van der Waals surface area contributed by atoms with E-state index >= 15 is 0 Å². The number of aliphatic imine (C=N–C) groups is 1. The lowest BCUT2D eigenvalue weighted by Crippen LogP contribution is -1.95. The summed E-state index contributed by atoms with van der Waals surface area (Å²) < 4.78 is 13.1. The second-order valence-corrected chi connectivity index (χ2v) is 3.99. The van der Waals surface area contributed by atoms with Crippen LogP contribution in [0.15, 0.2) is 23.2 Å². The number of aryl methyl sites for hydroxylation is 1. The molecule has 0 spiro atoms. The number of halogens is 1. The van der Waals surface area contributed by atoms with E-state index in [1.165, 1.54) is 6.07 Å². The van der Waals surface area contributed by atoms with Crippen molar-refractivity contribution in [2.45, 2.75) is 26.7 Å². The molecule has 16 heavy (non-hydrogen) atoms. The maximum atomic E-state index is 13.1. The Kier molecular flexibility index (Phi) is 3.13. The molecule has 2 rings (SSSR count). The molecule has 0 unspecified atom stereocenters. The van der Waals surface area contributed by atoms with Crippen molar-refractivity contribution in [3.8, 4) is 0 Å². The number of aromatic nitrogens is 1. The van der Waals surface area contributed by atoms with Crippen LogP contribution in [0, 0.1) is 12.7 Å². The lowest BCUT2D eigenvalue weighted by molar-refractivity contribution is 0.609. The minimum Gasteiger partial charge on any atom is -0.285 e. The van der Waals surface area contributed by atoms with Crippen molar-refractivity contribution < 1.29 is 4.39 Å². The van der Waals surface area contributed by atoms with E-state index in [1.54, 1.807) is 13.0 Å². The number of rotatable bonds is 3. The van der Waals surface area contributed by atoms with Gasteiger partial charge in [-0.3, -0.25) is 9.98 Å². The summed E-state index contributed by atoms with van der Waals surface area (Å²) in [5, 5.41) is 0. The average molecular weight is 218 g/mol. The molecule has 1 aliphatic heterocycles. The molecule has 0 aliphatic carbocycles. The first kappa shape index (κ1) is 11.0. The third kappa shape index (κ3) is 2.18. The molecule has 0 saturated carbocycles. The largest absolute Gasteiger partial charge is 0.285 e. The molecule has 84 valence electrons. The number of hydrogen-bond acceptors (Lipinski definition) is 2. The van der Waals surface area contributed by atoms with E-state index in [0.29, 0.717) is 12.2 Å². The molecule has 0 fully saturated rings. The summed E-state index contributed by atoms with van der Waals surface area (Å²) in [7, 11) is 0. The quantitative estimate of drug-likeness (QED) is 0.765. The Morgan fingerprint density at radius 1 is 1.38 bits per heavy atom. The number of nitrogens with zero attached hydrogens (tertiary/aromatic N) is 2. The molecule has 0 radical (unpaired) electrons. The van der Waals surface area contributed by atoms with E-state index < -0.39 is 0 Å². The molecular formula is C13H15FN2. The molecule has 2 nitrogen and oxygen atoms in total. The van der Waals surface area contributed by atoms with E-state index in [0.717, 1.165) is 29.8 Å². The van der Waals surface area contributed by atoms with Crippen LogP contribution in [-0.4, -0.2) is 17.2 Å². The fourth-order valence-electron chi connectivity index (χ4n) is 1.76. The van der Waals surface area contributed by atoms with E-state index in [-0.39, 0.29) is 5.82 Å². The Morgan fingerprint density at radius 2 is 2.19 bits per heavy atom. The normalized spacial score (nSPS) is 14.9. The number of allylic oxidation sites excluding steroid dienone is 1. The highest BCUT2D eigenvalue weighted by molar-refractivity contribution is 6.04. The van der Waals surface area contributed by atoms with Gasteiger partial charge in [-0.2, -0.15) is 0 Å². The second-order valence-electron chi connectivity index (χ2n) is 3.99. The fourth-order valence-corrected chi connectivity index (χ4v) is 1.76. The van der Waals surface area contributed by atoms with Crippen molar-refractivity contribution in [3.05, 3.63) is 35.4 Å². The molecule has 2 heterocycles. The van der Waals surface area contributed by atoms with Gasteiger partial charge < -0.3 is 0 Å². The first-order valence-electron chi connectivity index (χ1n) is 5.58. The zero-order valence-electron chi connectivity index (χ0n) is 9.63. The molecule has 0 bridgehead atoms. The van der Waals surface area contributed by atoms with Crippen LogP contribution in [0.1, 0.15) is 31.2 Å². The van der Waals surface area contributed by atoms with Crippen LogP contribution in [-0.2, 0) is 0 Å². The Hall–Kier alpha value is -1.51. The fraction of sp³-hybridized carbons (Fsp3) is 0.385. The van der Waals surface area contributed by atoms with Crippen molar-refractivity contribution in [2.24, 2.45) is 4.99 Å². The highest BCUT2D eigenvalue weighted by atomic mass is 19.1. The third-order valence-corrected chi connectivity index (χ3v) is 2.65. The maximum absolute atomic E-state index is 13.1. The summed E-state index contributed by atoms with van der Waals surface area (Å²) in [4.78, 5) is 8.66. The predicted octanol–water partition coefficient (Wildman–Crippen LogP) is 3.17. The van der Waals surface area contributed by atoms with Crippen LogP contribution in [0.3, 0.4) is 0 Å². The standard InChI is InChI=1S/C13H15FN2/c1-3-4-11-7-10(8-15-11)13-6-5-12(14)9(2)16-13/h5-7H,3-4,8H2,1-2H3. The summed E-state index contributed by atoms with van der Waals surface area (Å²) in [6.07, 6.45) is 4.17. The summed E-state index contributed by atoms with van der Waals surface area (Å²) >= 11 is 0. The van der Waals surface area contributed by atoms with Crippen molar-refractivity contribution >= 4 is 11.3 Å². The smallest absolute Gasteiger partial charge is 0.144 e. The van der Waals surface area contributed by atoms with Crippen molar-refractivity contribution in [3.63, 3.8) is 0 Å². The third-order valence-electron chi connectivity index (χ3n) is 2.65. The molecule has 3 heteroatoms.